The van der Waals surface area contributed by atoms with Gasteiger partial charge in [0.25, 0.3) is 0 Å². The van der Waals surface area contributed by atoms with Crippen LogP contribution in [-0.4, -0.2) is 11.8 Å². The molecule has 0 spiro atoms. The highest BCUT2D eigenvalue weighted by atomic mass is 35.5. The van der Waals surface area contributed by atoms with Crippen molar-refractivity contribution in [3.8, 4) is 0 Å². The van der Waals surface area contributed by atoms with E-state index in [0.29, 0.717) is 12.0 Å². The number of benzene rings is 1. The number of ether oxygens (including phenoxy) is 1. The lowest BCUT2D eigenvalue weighted by Crippen LogP contribution is -2.27. The first-order chi connectivity index (χ1) is 7.18. The van der Waals surface area contributed by atoms with Crippen LogP contribution in [0.1, 0.15) is 12.0 Å². The molecule has 0 amide bonds. The van der Waals surface area contributed by atoms with Gasteiger partial charge in [-0.15, -0.1) is 11.6 Å². The molecule has 0 bridgehead atoms. The Hall–Kier alpha value is -1.28. The van der Waals surface area contributed by atoms with Crippen LogP contribution >= 0.6 is 11.6 Å². The van der Waals surface area contributed by atoms with E-state index in [-0.39, 0.29) is 11.8 Å². The molecule has 78 valence electrons. The number of halogens is 1. The maximum atomic E-state index is 11.3. The van der Waals surface area contributed by atoms with E-state index in [1.165, 1.54) is 0 Å². The summed E-state index contributed by atoms with van der Waals surface area (Å²) in [4.78, 5) is 11.3. The number of esters is 1. The zero-order valence-corrected chi connectivity index (χ0v) is 8.96. The Morgan fingerprint density at radius 3 is 2.53 bits per heavy atom. The molecule has 0 radical (unpaired) electrons. The molecule has 1 saturated heterocycles. The van der Waals surface area contributed by atoms with Crippen molar-refractivity contribution in [2.75, 3.05) is 5.88 Å². The Morgan fingerprint density at radius 2 is 2.07 bits per heavy atom. The van der Waals surface area contributed by atoms with Crippen LogP contribution in [0, 0.1) is 0 Å². The fourth-order valence-corrected chi connectivity index (χ4v) is 2.06. The van der Waals surface area contributed by atoms with Gasteiger partial charge in [0.05, 0.1) is 5.88 Å². The Bertz CT molecular complexity index is 381. The number of carbonyl (C=O) groups is 1. The van der Waals surface area contributed by atoms with Crippen molar-refractivity contribution in [3.05, 3.63) is 48.0 Å². The summed E-state index contributed by atoms with van der Waals surface area (Å²) in [7, 11) is 0. The first-order valence-corrected chi connectivity index (χ1v) is 5.24. The molecule has 1 aromatic rings. The summed E-state index contributed by atoms with van der Waals surface area (Å²) >= 11 is 5.91. The molecule has 0 aromatic heterocycles. The highest BCUT2D eigenvalue weighted by Gasteiger charge is 2.43. The number of carbonyl (C=O) groups excluding carboxylic acids is 1. The summed E-state index contributed by atoms with van der Waals surface area (Å²) in [5.74, 6) is -0.0959. The number of alkyl halides is 1. The van der Waals surface area contributed by atoms with Crippen molar-refractivity contribution < 1.29 is 9.53 Å². The van der Waals surface area contributed by atoms with Crippen molar-refractivity contribution in [2.45, 2.75) is 12.0 Å². The molecule has 0 saturated carbocycles. The average molecular weight is 223 g/mol. The van der Waals surface area contributed by atoms with Crippen LogP contribution < -0.4 is 0 Å². The number of hydrogen-bond donors (Lipinski definition) is 0. The lowest BCUT2D eigenvalue weighted by molar-refractivity contribution is -0.145. The van der Waals surface area contributed by atoms with Gasteiger partial charge < -0.3 is 4.74 Å². The Kier molecular flexibility index (Phi) is 2.53. The first-order valence-electron chi connectivity index (χ1n) is 4.70. The highest BCUT2D eigenvalue weighted by Crippen LogP contribution is 2.39. The normalized spacial score (nSPS) is 25.4. The van der Waals surface area contributed by atoms with Crippen molar-refractivity contribution in [3.63, 3.8) is 0 Å². The molecule has 2 nitrogen and oxygen atoms in total. The van der Waals surface area contributed by atoms with Crippen LogP contribution in [0.15, 0.2) is 42.5 Å². The summed E-state index contributed by atoms with van der Waals surface area (Å²) in [5, 5.41) is 0. The SMILES string of the molecule is C=C1CC(CCl)(c2ccccc2)OC1=O. The minimum Gasteiger partial charge on any atom is -0.449 e. The summed E-state index contributed by atoms with van der Waals surface area (Å²) in [5.41, 5.74) is 0.697. The van der Waals surface area contributed by atoms with Gasteiger partial charge in [0.15, 0.2) is 5.60 Å². The lowest BCUT2D eigenvalue weighted by atomic mass is 9.91. The largest absolute Gasteiger partial charge is 0.449 e. The first kappa shape index (κ1) is 10.2. The van der Waals surface area contributed by atoms with Crippen LogP contribution in [0.3, 0.4) is 0 Å². The van der Waals surface area contributed by atoms with Crippen molar-refractivity contribution in [2.24, 2.45) is 0 Å². The van der Waals surface area contributed by atoms with Gasteiger partial charge in [-0.25, -0.2) is 4.79 Å². The third-order valence-electron chi connectivity index (χ3n) is 2.59. The maximum Gasteiger partial charge on any atom is 0.334 e. The summed E-state index contributed by atoms with van der Waals surface area (Å²) in [6.07, 6.45) is 0.472. The van der Waals surface area contributed by atoms with Gasteiger partial charge in [-0.05, 0) is 5.56 Å². The van der Waals surface area contributed by atoms with Gasteiger partial charge >= 0.3 is 5.97 Å². The van der Waals surface area contributed by atoms with E-state index in [0.717, 1.165) is 5.56 Å². The molecule has 2 rings (SSSR count). The van der Waals surface area contributed by atoms with Gasteiger partial charge in [-0.3, -0.25) is 0 Å². The Morgan fingerprint density at radius 1 is 1.40 bits per heavy atom. The Labute approximate surface area is 93.5 Å². The van der Waals surface area contributed by atoms with E-state index in [4.69, 9.17) is 16.3 Å². The van der Waals surface area contributed by atoms with Gasteiger partial charge in [-0.1, -0.05) is 36.9 Å². The minimum absolute atomic E-state index is 0.252. The second-order valence-electron chi connectivity index (χ2n) is 3.66. The molecule has 1 heterocycles. The smallest absolute Gasteiger partial charge is 0.334 e. The van der Waals surface area contributed by atoms with Crippen LogP contribution in [0.25, 0.3) is 0 Å². The fraction of sp³-hybridized carbons (Fsp3) is 0.250. The second-order valence-corrected chi connectivity index (χ2v) is 3.93. The molecular formula is C12H11ClO2. The molecule has 1 aliphatic heterocycles. The standard InChI is InChI=1S/C12H11ClO2/c1-9-7-12(8-13,15-11(9)14)10-5-3-2-4-6-10/h2-6H,1,7-8H2. The van der Waals surface area contributed by atoms with E-state index in [2.05, 4.69) is 6.58 Å². The zero-order chi connectivity index (χ0) is 10.9. The van der Waals surface area contributed by atoms with E-state index in [9.17, 15) is 4.79 Å². The zero-order valence-electron chi connectivity index (χ0n) is 8.20. The quantitative estimate of drug-likeness (QED) is 0.437. The molecule has 1 aromatic carbocycles. The van der Waals surface area contributed by atoms with E-state index in [1.54, 1.807) is 0 Å². The molecule has 0 aliphatic carbocycles. The van der Waals surface area contributed by atoms with Crippen LogP contribution in [0.5, 0.6) is 0 Å². The lowest BCUT2D eigenvalue weighted by Gasteiger charge is -2.24. The van der Waals surface area contributed by atoms with Crippen molar-refractivity contribution in [1.29, 1.82) is 0 Å². The van der Waals surface area contributed by atoms with Gasteiger partial charge in [0.2, 0.25) is 0 Å². The number of rotatable bonds is 2. The number of hydrogen-bond acceptors (Lipinski definition) is 2. The molecule has 3 heteroatoms. The van der Waals surface area contributed by atoms with Crippen molar-refractivity contribution in [1.82, 2.24) is 0 Å². The van der Waals surface area contributed by atoms with E-state index in [1.807, 2.05) is 30.3 Å². The third-order valence-corrected chi connectivity index (χ3v) is 3.02. The van der Waals surface area contributed by atoms with Crippen LogP contribution in [-0.2, 0) is 15.1 Å². The topological polar surface area (TPSA) is 26.3 Å². The summed E-state index contributed by atoms with van der Waals surface area (Å²) < 4.78 is 5.33. The monoisotopic (exact) mass is 222 g/mol. The average Bonchev–Trinajstić information content (AvgIpc) is 2.57. The number of cyclic esters (lactones) is 1. The third kappa shape index (κ3) is 1.65. The van der Waals surface area contributed by atoms with Crippen LogP contribution in [0.2, 0.25) is 0 Å². The molecular weight excluding hydrogens is 212 g/mol. The Balaban J connectivity index is 2.40. The van der Waals surface area contributed by atoms with Gasteiger partial charge in [0.1, 0.15) is 0 Å². The van der Waals surface area contributed by atoms with Crippen LogP contribution in [0.4, 0.5) is 0 Å². The molecule has 1 aliphatic rings. The van der Waals surface area contributed by atoms with E-state index >= 15 is 0 Å². The highest BCUT2D eigenvalue weighted by molar-refractivity contribution is 6.19. The molecule has 1 atom stereocenters. The van der Waals surface area contributed by atoms with Gasteiger partial charge in [-0.2, -0.15) is 0 Å². The molecule has 15 heavy (non-hydrogen) atoms. The van der Waals surface area contributed by atoms with Gasteiger partial charge in [0, 0.05) is 12.0 Å². The predicted octanol–water partition coefficient (Wildman–Crippen LogP) is 2.62. The second kappa shape index (κ2) is 3.70. The summed E-state index contributed by atoms with van der Waals surface area (Å²) in [6, 6.07) is 9.54. The fourth-order valence-electron chi connectivity index (χ4n) is 1.76. The molecule has 0 N–H and O–H groups in total. The molecule has 1 unspecified atom stereocenters. The minimum atomic E-state index is -0.711. The predicted molar refractivity (Wildman–Crippen MR) is 58.7 cm³/mol. The molecule has 1 fully saturated rings. The summed E-state index contributed by atoms with van der Waals surface area (Å²) in [6.45, 7) is 3.67. The maximum absolute atomic E-state index is 11.3. The van der Waals surface area contributed by atoms with E-state index < -0.39 is 5.60 Å². The van der Waals surface area contributed by atoms with Crippen molar-refractivity contribution >= 4 is 17.6 Å².